The van der Waals surface area contributed by atoms with Crippen LogP contribution in [0.1, 0.15) is 24.8 Å². The maximum Gasteiger partial charge on any atom is 0.228 e. The summed E-state index contributed by atoms with van der Waals surface area (Å²) in [4.78, 5) is 13.8. The molecular formula is C14H14Cl2N2O. The summed E-state index contributed by atoms with van der Waals surface area (Å²) in [5, 5.41) is 10.2. The molecule has 100 valence electrons. The van der Waals surface area contributed by atoms with Crippen molar-refractivity contribution in [2.24, 2.45) is 0 Å². The third-order valence-electron chi connectivity index (χ3n) is 3.76. The SMILES string of the molecule is CN(C(=O)Cc1ccc(Cl)cc1Cl)C1(C#N)CCC1. The monoisotopic (exact) mass is 296 g/mol. The first kappa shape index (κ1) is 14.2. The highest BCUT2D eigenvalue weighted by Gasteiger charge is 2.43. The van der Waals surface area contributed by atoms with E-state index in [1.54, 1.807) is 30.1 Å². The van der Waals surface area contributed by atoms with Gasteiger partial charge in [-0.1, -0.05) is 29.3 Å². The fourth-order valence-corrected chi connectivity index (χ4v) is 2.69. The Morgan fingerprint density at radius 1 is 1.47 bits per heavy atom. The number of benzene rings is 1. The van der Waals surface area contributed by atoms with E-state index in [1.165, 1.54) is 0 Å². The van der Waals surface area contributed by atoms with E-state index in [1.807, 2.05) is 0 Å². The lowest BCUT2D eigenvalue weighted by Gasteiger charge is -2.43. The van der Waals surface area contributed by atoms with Gasteiger partial charge in [0.1, 0.15) is 5.54 Å². The molecule has 0 N–H and O–H groups in total. The molecule has 5 heteroatoms. The van der Waals surface area contributed by atoms with Gasteiger partial charge in [0.2, 0.25) is 5.91 Å². The Balaban J connectivity index is 2.11. The Labute approximate surface area is 122 Å². The van der Waals surface area contributed by atoms with Crippen LogP contribution in [0.4, 0.5) is 0 Å². The molecule has 1 saturated carbocycles. The molecule has 2 rings (SSSR count). The summed E-state index contributed by atoms with van der Waals surface area (Å²) in [6.45, 7) is 0. The van der Waals surface area contributed by atoms with Crippen molar-refractivity contribution in [1.82, 2.24) is 4.90 Å². The van der Waals surface area contributed by atoms with Gasteiger partial charge in [-0.25, -0.2) is 0 Å². The molecular weight excluding hydrogens is 283 g/mol. The molecule has 0 bridgehead atoms. The van der Waals surface area contributed by atoms with Crippen molar-refractivity contribution < 1.29 is 4.79 Å². The van der Waals surface area contributed by atoms with Gasteiger partial charge in [0.05, 0.1) is 12.5 Å². The molecule has 0 aromatic heterocycles. The summed E-state index contributed by atoms with van der Waals surface area (Å²) in [6.07, 6.45) is 2.68. The lowest BCUT2D eigenvalue weighted by atomic mass is 9.76. The van der Waals surface area contributed by atoms with Gasteiger partial charge in [0.25, 0.3) is 0 Å². The zero-order valence-corrected chi connectivity index (χ0v) is 12.1. The zero-order chi connectivity index (χ0) is 14.0. The van der Waals surface area contributed by atoms with E-state index in [0.717, 1.165) is 24.8 Å². The standard InChI is InChI=1S/C14H14Cl2N2O/c1-18(14(9-17)5-2-6-14)13(19)7-10-3-4-11(15)8-12(10)16/h3-4,8H,2,5-7H2,1H3. The molecule has 19 heavy (non-hydrogen) atoms. The van der Waals surface area contributed by atoms with Crippen LogP contribution in [0.15, 0.2) is 18.2 Å². The predicted octanol–water partition coefficient (Wildman–Crippen LogP) is 3.44. The van der Waals surface area contributed by atoms with Crippen LogP contribution in [0.5, 0.6) is 0 Å². The van der Waals surface area contributed by atoms with E-state index in [0.29, 0.717) is 10.0 Å². The second-order valence-corrected chi connectivity index (χ2v) is 5.71. The van der Waals surface area contributed by atoms with Crippen LogP contribution in [-0.4, -0.2) is 23.4 Å². The van der Waals surface area contributed by atoms with Crippen LogP contribution >= 0.6 is 23.2 Å². The average Bonchev–Trinajstić information content (AvgIpc) is 2.32. The fourth-order valence-electron chi connectivity index (χ4n) is 2.22. The van der Waals surface area contributed by atoms with Crippen molar-refractivity contribution in [2.75, 3.05) is 7.05 Å². The van der Waals surface area contributed by atoms with Gasteiger partial charge in [-0.3, -0.25) is 4.79 Å². The molecule has 0 saturated heterocycles. The Morgan fingerprint density at radius 3 is 2.63 bits per heavy atom. The normalized spacial score (nSPS) is 16.3. The van der Waals surface area contributed by atoms with Crippen molar-refractivity contribution in [3.63, 3.8) is 0 Å². The number of halogens is 2. The van der Waals surface area contributed by atoms with E-state index < -0.39 is 5.54 Å². The number of carbonyl (C=O) groups excluding carboxylic acids is 1. The van der Waals surface area contributed by atoms with Crippen LogP contribution in [0.2, 0.25) is 10.0 Å². The minimum absolute atomic E-state index is 0.0922. The van der Waals surface area contributed by atoms with Gasteiger partial charge in [0, 0.05) is 17.1 Å². The van der Waals surface area contributed by atoms with Gasteiger partial charge < -0.3 is 4.90 Å². The topological polar surface area (TPSA) is 44.1 Å². The minimum Gasteiger partial charge on any atom is -0.327 e. The average molecular weight is 297 g/mol. The third-order valence-corrected chi connectivity index (χ3v) is 4.35. The molecule has 1 fully saturated rings. The Bertz CT molecular complexity index is 547. The Kier molecular flexibility index (Phi) is 4.03. The molecule has 1 aliphatic rings. The van der Waals surface area contributed by atoms with Gasteiger partial charge in [0.15, 0.2) is 0 Å². The van der Waals surface area contributed by atoms with Crippen molar-refractivity contribution in [3.05, 3.63) is 33.8 Å². The first-order valence-electron chi connectivity index (χ1n) is 6.10. The smallest absolute Gasteiger partial charge is 0.228 e. The lowest BCUT2D eigenvalue weighted by molar-refractivity contribution is -0.135. The van der Waals surface area contributed by atoms with E-state index in [-0.39, 0.29) is 12.3 Å². The number of carbonyl (C=O) groups is 1. The maximum absolute atomic E-state index is 12.2. The largest absolute Gasteiger partial charge is 0.327 e. The molecule has 1 aliphatic carbocycles. The molecule has 0 unspecified atom stereocenters. The maximum atomic E-state index is 12.2. The van der Waals surface area contributed by atoms with Crippen LogP contribution in [-0.2, 0) is 11.2 Å². The summed E-state index contributed by atoms with van der Waals surface area (Å²) in [6, 6.07) is 7.33. The Hall–Kier alpha value is -1.24. The summed E-state index contributed by atoms with van der Waals surface area (Å²) in [5.41, 5.74) is 0.117. The van der Waals surface area contributed by atoms with Crippen molar-refractivity contribution in [1.29, 1.82) is 5.26 Å². The lowest BCUT2D eigenvalue weighted by Crippen LogP contribution is -2.53. The molecule has 1 amide bonds. The van der Waals surface area contributed by atoms with Crippen molar-refractivity contribution in [3.8, 4) is 6.07 Å². The van der Waals surface area contributed by atoms with E-state index in [2.05, 4.69) is 6.07 Å². The van der Waals surface area contributed by atoms with E-state index in [9.17, 15) is 10.1 Å². The van der Waals surface area contributed by atoms with Gasteiger partial charge >= 0.3 is 0 Å². The number of nitriles is 1. The van der Waals surface area contributed by atoms with Crippen LogP contribution in [0.3, 0.4) is 0 Å². The summed E-state index contributed by atoms with van der Waals surface area (Å²) >= 11 is 11.9. The minimum atomic E-state index is -0.615. The highest BCUT2D eigenvalue weighted by atomic mass is 35.5. The zero-order valence-electron chi connectivity index (χ0n) is 10.6. The quantitative estimate of drug-likeness (QED) is 0.857. The molecule has 3 nitrogen and oxygen atoms in total. The molecule has 0 heterocycles. The number of nitrogens with zero attached hydrogens (tertiary/aromatic N) is 2. The van der Waals surface area contributed by atoms with Crippen molar-refractivity contribution in [2.45, 2.75) is 31.2 Å². The number of amides is 1. The Morgan fingerprint density at radius 2 is 2.16 bits per heavy atom. The van der Waals surface area contributed by atoms with Gasteiger partial charge in [-0.05, 0) is 37.0 Å². The number of likely N-dealkylation sites (N-methyl/N-ethyl adjacent to an activating group) is 1. The third kappa shape index (κ3) is 2.70. The molecule has 0 spiro atoms. The first-order chi connectivity index (χ1) is 8.98. The number of hydrogen-bond donors (Lipinski definition) is 0. The highest BCUT2D eigenvalue weighted by molar-refractivity contribution is 6.35. The summed E-state index contributed by atoms with van der Waals surface area (Å²) in [7, 11) is 1.69. The number of rotatable bonds is 3. The summed E-state index contributed by atoms with van der Waals surface area (Å²) in [5.74, 6) is -0.0922. The first-order valence-corrected chi connectivity index (χ1v) is 6.86. The molecule has 0 atom stereocenters. The molecule has 1 aromatic carbocycles. The predicted molar refractivity (Wildman–Crippen MR) is 75.1 cm³/mol. The highest BCUT2D eigenvalue weighted by Crippen LogP contribution is 2.36. The fraction of sp³-hybridized carbons (Fsp3) is 0.429. The van der Waals surface area contributed by atoms with E-state index >= 15 is 0 Å². The van der Waals surface area contributed by atoms with Gasteiger partial charge in [-0.2, -0.15) is 5.26 Å². The van der Waals surface area contributed by atoms with Crippen LogP contribution in [0, 0.1) is 11.3 Å². The molecule has 1 aromatic rings. The second kappa shape index (κ2) is 5.40. The second-order valence-electron chi connectivity index (χ2n) is 4.86. The summed E-state index contributed by atoms with van der Waals surface area (Å²) < 4.78 is 0. The van der Waals surface area contributed by atoms with Crippen LogP contribution in [0.25, 0.3) is 0 Å². The van der Waals surface area contributed by atoms with Crippen LogP contribution < -0.4 is 0 Å². The van der Waals surface area contributed by atoms with E-state index in [4.69, 9.17) is 23.2 Å². The molecule has 0 aliphatic heterocycles. The molecule has 0 radical (unpaired) electrons. The van der Waals surface area contributed by atoms with Gasteiger partial charge in [-0.15, -0.1) is 0 Å². The van der Waals surface area contributed by atoms with Crippen molar-refractivity contribution >= 4 is 29.1 Å². The number of hydrogen-bond acceptors (Lipinski definition) is 2.